The maximum absolute atomic E-state index is 14.3. The Hall–Kier alpha value is -5.05. The maximum atomic E-state index is 14.3. The van der Waals surface area contributed by atoms with Crippen LogP contribution in [0, 0.1) is 11.7 Å². The number of nitrogens with zero attached hydrogens (tertiary/aromatic N) is 3. The number of rotatable bonds is 6. The van der Waals surface area contributed by atoms with Crippen molar-refractivity contribution in [3.8, 4) is 39.4 Å². The molecule has 0 saturated heterocycles. The molecule has 0 unspecified atom stereocenters. The Kier molecular flexibility index (Phi) is 6.03. The van der Waals surface area contributed by atoms with E-state index in [1.54, 1.807) is 30.9 Å². The molecule has 4 heterocycles. The van der Waals surface area contributed by atoms with E-state index in [-0.39, 0.29) is 17.6 Å². The predicted molar refractivity (Wildman–Crippen MR) is 150 cm³/mol. The largest absolute Gasteiger partial charge is 0.497 e. The van der Waals surface area contributed by atoms with Gasteiger partial charge >= 0.3 is 0 Å². The second-order valence-electron chi connectivity index (χ2n) is 9.65. The minimum atomic E-state index is -0.384. The van der Waals surface area contributed by atoms with Gasteiger partial charge in [-0.3, -0.25) is 19.9 Å². The van der Waals surface area contributed by atoms with Gasteiger partial charge in [-0.2, -0.15) is 5.10 Å². The monoisotopic (exact) mass is 520 g/mol. The Morgan fingerprint density at radius 2 is 1.74 bits per heavy atom. The fraction of sp³-hybridized carbons (Fsp3) is 0.133. The third kappa shape index (κ3) is 4.59. The molecule has 0 aliphatic rings. The molecule has 0 fully saturated rings. The normalized spacial score (nSPS) is 11.4. The summed E-state index contributed by atoms with van der Waals surface area (Å²) in [6.45, 7) is 3.69. The highest BCUT2D eigenvalue weighted by Crippen LogP contribution is 2.36. The van der Waals surface area contributed by atoms with E-state index in [9.17, 15) is 9.18 Å². The summed E-state index contributed by atoms with van der Waals surface area (Å²) in [5.74, 6) is -0.143. The average Bonchev–Trinajstić information content (AvgIpc) is 3.56. The Morgan fingerprint density at radius 3 is 2.56 bits per heavy atom. The van der Waals surface area contributed by atoms with Crippen LogP contribution in [0.3, 0.4) is 0 Å². The van der Waals surface area contributed by atoms with Crippen LogP contribution in [0.15, 0.2) is 73.3 Å². The Bertz CT molecular complexity index is 1860. The number of hydrogen-bond donors (Lipinski definition) is 3. The van der Waals surface area contributed by atoms with Gasteiger partial charge in [0, 0.05) is 46.3 Å². The molecular formula is C30H25FN6O2. The van der Waals surface area contributed by atoms with E-state index in [4.69, 9.17) is 4.74 Å². The number of benzene rings is 2. The number of aromatic nitrogens is 5. The molecule has 0 aliphatic heterocycles. The van der Waals surface area contributed by atoms with E-state index in [1.165, 1.54) is 19.2 Å². The van der Waals surface area contributed by atoms with E-state index in [0.29, 0.717) is 17.0 Å². The van der Waals surface area contributed by atoms with Crippen LogP contribution in [0.2, 0.25) is 0 Å². The molecule has 0 bridgehead atoms. The standard InChI is InChI=1S/C30H25FN6O2/c1-16(2)30(38)34-21-7-19(12-32-13-21)17-4-5-26-24(9-17)29(37-36-26)27-11-23-25(14-33-15-28(23)35-27)18-6-20(31)10-22(8-18)39-3/h4-16,35H,1-3H3,(H,34,38)(H,36,37). The van der Waals surface area contributed by atoms with Crippen molar-refractivity contribution < 1.29 is 13.9 Å². The summed E-state index contributed by atoms with van der Waals surface area (Å²) in [5, 5.41) is 12.4. The molecule has 3 N–H and O–H groups in total. The molecule has 0 radical (unpaired) electrons. The van der Waals surface area contributed by atoms with Crippen LogP contribution < -0.4 is 10.1 Å². The van der Waals surface area contributed by atoms with Gasteiger partial charge in [0.15, 0.2) is 0 Å². The van der Waals surface area contributed by atoms with Crippen molar-refractivity contribution in [1.29, 1.82) is 0 Å². The van der Waals surface area contributed by atoms with E-state index in [2.05, 4.69) is 30.5 Å². The van der Waals surface area contributed by atoms with E-state index in [1.807, 2.05) is 44.2 Å². The zero-order valence-electron chi connectivity index (χ0n) is 21.5. The summed E-state index contributed by atoms with van der Waals surface area (Å²) >= 11 is 0. The lowest BCUT2D eigenvalue weighted by atomic mass is 10.0. The summed E-state index contributed by atoms with van der Waals surface area (Å²) in [6, 6.07) is 14.5. The van der Waals surface area contributed by atoms with E-state index in [0.717, 1.165) is 49.9 Å². The average molecular weight is 521 g/mol. The summed E-state index contributed by atoms with van der Waals surface area (Å²) < 4.78 is 19.5. The Morgan fingerprint density at radius 1 is 0.897 bits per heavy atom. The van der Waals surface area contributed by atoms with Crippen molar-refractivity contribution in [2.75, 3.05) is 12.4 Å². The van der Waals surface area contributed by atoms with Gasteiger partial charge in [-0.25, -0.2) is 4.39 Å². The van der Waals surface area contributed by atoms with Crippen LogP contribution in [0.1, 0.15) is 13.8 Å². The van der Waals surface area contributed by atoms with Crippen LogP contribution in [0.25, 0.3) is 55.4 Å². The second-order valence-corrected chi connectivity index (χ2v) is 9.65. The molecule has 8 nitrogen and oxygen atoms in total. The highest BCUT2D eigenvalue weighted by atomic mass is 19.1. The number of hydrogen-bond acceptors (Lipinski definition) is 5. The first-order valence-corrected chi connectivity index (χ1v) is 12.5. The molecule has 0 aliphatic carbocycles. The van der Waals surface area contributed by atoms with Gasteiger partial charge in [-0.1, -0.05) is 19.9 Å². The van der Waals surface area contributed by atoms with Crippen molar-refractivity contribution in [1.82, 2.24) is 25.1 Å². The highest BCUT2D eigenvalue weighted by Gasteiger charge is 2.16. The fourth-order valence-electron chi connectivity index (χ4n) is 4.60. The molecule has 39 heavy (non-hydrogen) atoms. The number of ether oxygens (including phenoxy) is 1. The summed E-state index contributed by atoms with van der Waals surface area (Å²) in [7, 11) is 1.51. The molecule has 194 valence electrons. The zero-order valence-corrected chi connectivity index (χ0v) is 21.5. The van der Waals surface area contributed by atoms with Crippen LogP contribution >= 0.6 is 0 Å². The maximum Gasteiger partial charge on any atom is 0.226 e. The van der Waals surface area contributed by atoms with Crippen LogP contribution in [-0.4, -0.2) is 38.2 Å². The first kappa shape index (κ1) is 24.3. The van der Waals surface area contributed by atoms with Crippen LogP contribution in [0.5, 0.6) is 5.75 Å². The first-order valence-electron chi connectivity index (χ1n) is 12.5. The van der Waals surface area contributed by atoms with Gasteiger partial charge in [0.2, 0.25) is 5.91 Å². The molecule has 0 atom stereocenters. The van der Waals surface area contributed by atoms with Crippen molar-refractivity contribution >= 4 is 33.4 Å². The lowest BCUT2D eigenvalue weighted by Crippen LogP contribution is -2.17. The van der Waals surface area contributed by atoms with Gasteiger partial charge in [-0.15, -0.1) is 0 Å². The second kappa shape index (κ2) is 9.68. The molecule has 6 rings (SSSR count). The van der Waals surface area contributed by atoms with Gasteiger partial charge in [0.05, 0.1) is 41.9 Å². The summed E-state index contributed by atoms with van der Waals surface area (Å²) in [5.41, 5.74) is 7.10. The van der Waals surface area contributed by atoms with Gasteiger partial charge < -0.3 is 15.0 Å². The molecule has 9 heteroatoms. The SMILES string of the molecule is COc1cc(F)cc(-c2cncc3[nH]c(-c4n[nH]c5ccc(-c6cncc(NC(=O)C(C)C)c6)cc45)cc23)c1. The number of carbonyl (C=O) groups excluding carboxylic acids is 1. The van der Waals surface area contributed by atoms with Gasteiger partial charge in [0.1, 0.15) is 17.3 Å². The molecule has 0 saturated carbocycles. The number of nitrogens with one attached hydrogen (secondary N) is 3. The molecule has 0 spiro atoms. The van der Waals surface area contributed by atoms with E-state index >= 15 is 0 Å². The zero-order chi connectivity index (χ0) is 27.1. The quantitative estimate of drug-likeness (QED) is 0.230. The number of pyridine rings is 2. The fourth-order valence-corrected chi connectivity index (χ4v) is 4.60. The Balaban J connectivity index is 1.41. The third-order valence-corrected chi connectivity index (χ3v) is 6.65. The number of aromatic amines is 2. The predicted octanol–water partition coefficient (Wildman–Crippen LogP) is 6.58. The lowest BCUT2D eigenvalue weighted by molar-refractivity contribution is -0.118. The van der Waals surface area contributed by atoms with Crippen molar-refractivity contribution in [2.24, 2.45) is 5.92 Å². The molecule has 6 aromatic rings. The Labute approximate surface area is 223 Å². The minimum absolute atomic E-state index is 0.0640. The minimum Gasteiger partial charge on any atom is -0.497 e. The summed E-state index contributed by atoms with van der Waals surface area (Å²) in [6.07, 6.45) is 6.85. The van der Waals surface area contributed by atoms with Gasteiger partial charge in [-0.05, 0) is 47.5 Å². The first-order chi connectivity index (χ1) is 18.9. The van der Waals surface area contributed by atoms with Crippen molar-refractivity contribution in [2.45, 2.75) is 13.8 Å². The molecule has 1 amide bonds. The number of halogens is 1. The number of H-pyrrole nitrogens is 2. The van der Waals surface area contributed by atoms with Crippen molar-refractivity contribution in [3.05, 3.63) is 79.1 Å². The summed E-state index contributed by atoms with van der Waals surface area (Å²) in [4.78, 5) is 24.3. The van der Waals surface area contributed by atoms with Crippen LogP contribution in [-0.2, 0) is 4.79 Å². The number of methoxy groups -OCH3 is 1. The van der Waals surface area contributed by atoms with E-state index < -0.39 is 0 Å². The van der Waals surface area contributed by atoms with Crippen LogP contribution in [0.4, 0.5) is 10.1 Å². The molecule has 4 aromatic heterocycles. The number of fused-ring (bicyclic) bond motifs is 2. The number of carbonyl (C=O) groups is 1. The van der Waals surface area contributed by atoms with Crippen molar-refractivity contribution in [3.63, 3.8) is 0 Å². The highest BCUT2D eigenvalue weighted by molar-refractivity contribution is 6.01. The third-order valence-electron chi connectivity index (χ3n) is 6.65. The molecular weight excluding hydrogens is 495 g/mol. The van der Waals surface area contributed by atoms with Gasteiger partial charge in [0.25, 0.3) is 0 Å². The molecule has 2 aromatic carbocycles. The topological polar surface area (TPSA) is 109 Å². The smallest absolute Gasteiger partial charge is 0.226 e. The lowest BCUT2D eigenvalue weighted by Gasteiger charge is -2.09. The number of amides is 1. The number of anilines is 1.